The van der Waals surface area contributed by atoms with Crippen LogP contribution in [0.4, 0.5) is 5.69 Å². The van der Waals surface area contributed by atoms with E-state index in [1.54, 1.807) is 12.4 Å². The molecule has 0 bridgehead atoms. The molecule has 28 heavy (non-hydrogen) atoms. The molecule has 1 amide bonds. The molecule has 0 aliphatic rings. The van der Waals surface area contributed by atoms with Crippen LogP contribution in [0.5, 0.6) is 0 Å². The number of carbonyl (C=O) groups is 1. The van der Waals surface area contributed by atoms with Gasteiger partial charge in [-0.2, -0.15) is 0 Å². The van der Waals surface area contributed by atoms with Crippen molar-refractivity contribution in [2.45, 2.75) is 32.0 Å². The van der Waals surface area contributed by atoms with Gasteiger partial charge in [-0.15, -0.1) is 10.2 Å². The molecule has 0 aliphatic carbocycles. The number of carbonyl (C=O) groups excluding carboxylic acids is 1. The summed E-state index contributed by atoms with van der Waals surface area (Å²) in [5, 5.41) is 12.2. The van der Waals surface area contributed by atoms with Crippen LogP contribution in [-0.4, -0.2) is 31.4 Å². The fraction of sp³-hybridized carbons (Fsp3) is 0.238. The van der Waals surface area contributed by atoms with E-state index in [0.29, 0.717) is 11.7 Å². The summed E-state index contributed by atoms with van der Waals surface area (Å²) in [6.45, 7) is 8.64. The third-order valence-corrected chi connectivity index (χ3v) is 5.03. The van der Waals surface area contributed by atoms with E-state index in [0.717, 1.165) is 29.1 Å². The molecule has 1 N–H and O–H groups in total. The van der Waals surface area contributed by atoms with Gasteiger partial charge in [-0.1, -0.05) is 43.0 Å². The van der Waals surface area contributed by atoms with E-state index in [1.807, 2.05) is 47.9 Å². The van der Waals surface area contributed by atoms with Gasteiger partial charge >= 0.3 is 0 Å². The van der Waals surface area contributed by atoms with Gasteiger partial charge in [-0.25, -0.2) is 0 Å². The lowest BCUT2D eigenvalue weighted by Crippen LogP contribution is -2.14. The first kappa shape index (κ1) is 19.8. The number of benzene rings is 1. The van der Waals surface area contributed by atoms with Crippen LogP contribution < -0.4 is 5.32 Å². The molecule has 6 nitrogen and oxygen atoms in total. The highest BCUT2D eigenvalue weighted by Crippen LogP contribution is 2.24. The molecule has 0 unspecified atom stereocenters. The van der Waals surface area contributed by atoms with E-state index in [9.17, 15) is 4.79 Å². The number of anilines is 1. The number of hydrogen-bond donors (Lipinski definition) is 1. The molecule has 0 radical (unpaired) electrons. The third-order valence-electron chi connectivity index (χ3n) is 4.06. The lowest BCUT2D eigenvalue weighted by Gasteiger charge is -2.10. The zero-order chi connectivity index (χ0) is 19.9. The predicted molar refractivity (Wildman–Crippen MR) is 113 cm³/mol. The Morgan fingerprint density at radius 3 is 2.50 bits per heavy atom. The number of nitrogens with zero attached hydrogens (tertiary/aromatic N) is 4. The lowest BCUT2D eigenvalue weighted by molar-refractivity contribution is -0.113. The minimum absolute atomic E-state index is 0.0791. The van der Waals surface area contributed by atoms with Crippen molar-refractivity contribution in [3.8, 4) is 11.4 Å². The van der Waals surface area contributed by atoms with Crippen molar-refractivity contribution in [2.24, 2.45) is 0 Å². The molecule has 1 aromatic carbocycles. The molecule has 2 aromatic heterocycles. The molecule has 3 aromatic rings. The van der Waals surface area contributed by atoms with Crippen LogP contribution >= 0.6 is 11.8 Å². The summed E-state index contributed by atoms with van der Waals surface area (Å²) < 4.78 is 1.98. The summed E-state index contributed by atoms with van der Waals surface area (Å²) in [4.78, 5) is 16.4. The Hall–Kier alpha value is -2.93. The number of thioether (sulfide) groups is 1. The van der Waals surface area contributed by atoms with Gasteiger partial charge < -0.3 is 5.32 Å². The van der Waals surface area contributed by atoms with Crippen LogP contribution in [0, 0.1) is 0 Å². The van der Waals surface area contributed by atoms with Crippen LogP contribution in [0.1, 0.15) is 19.4 Å². The van der Waals surface area contributed by atoms with Gasteiger partial charge in [0.15, 0.2) is 11.0 Å². The highest BCUT2D eigenvalue weighted by molar-refractivity contribution is 7.99. The Bertz CT molecular complexity index is 951. The average molecular weight is 394 g/mol. The van der Waals surface area contributed by atoms with E-state index in [4.69, 9.17) is 0 Å². The Balaban J connectivity index is 1.70. The van der Waals surface area contributed by atoms with Crippen LogP contribution in [-0.2, 0) is 17.8 Å². The molecule has 0 atom stereocenters. The van der Waals surface area contributed by atoms with E-state index >= 15 is 0 Å². The number of pyridine rings is 1. The molecule has 0 aliphatic heterocycles. The van der Waals surface area contributed by atoms with Crippen molar-refractivity contribution >= 4 is 23.4 Å². The minimum atomic E-state index is -0.0791. The molecular weight excluding hydrogens is 370 g/mol. The second kappa shape index (κ2) is 9.32. The number of rotatable bonds is 8. The molecule has 0 saturated carbocycles. The van der Waals surface area contributed by atoms with E-state index < -0.39 is 0 Å². The molecule has 144 valence electrons. The van der Waals surface area contributed by atoms with Crippen molar-refractivity contribution in [1.82, 2.24) is 19.7 Å². The van der Waals surface area contributed by atoms with Crippen molar-refractivity contribution in [3.63, 3.8) is 0 Å². The molecule has 3 rings (SSSR count). The zero-order valence-corrected chi connectivity index (χ0v) is 16.9. The summed E-state index contributed by atoms with van der Waals surface area (Å²) >= 11 is 1.36. The zero-order valence-electron chi connectivity index (χ0n) is 16.1. The standard InChI is InChI=1S/C21H23N5OS/c1-4-16-5-7-18(8-6-16)23-19(27)14-28-21-25-24-20(26(21)13-15(2)3)17-9-11-22-12-10-17/h5-12H,2,4,13-14H2,1,3H3,(H,23,27). The number of aryl methyl sites for hydroxylation is 1. The van der Waals surface area contributed by atoms with Gasteiger partial charge in [0.05, 0.1) is 5.75 Å². The van der Waals surface area contributed by atoms with Gasteiger partial charge in [0.1, 0.15) is 0 Å². The van der Waals surface area contributed by atoms with Crippen molar-refractivity contribution < 1.29 is 4.79 Å². The number of allylic oxidation sites excluding steroid dienone is 1. The average Bonchev–Trinajstić information content (AvgIpc) is 3.09. The van der Waals surface area contributed by atoms with E-state index in [2.05, 4.69) is 34.0 Å². The topological polar surface area (TPSA) is 72.7 Å². The monoisotopic (exact) mass is 393 g/mol. The molecule has 0 spiro atoms. The summed E-state index contributed by atoms with van der Waals surface area (Å²) in [6, 6.07) is 11.7. The van der Waals surface area contributed by atoms with Crippen LogP contribution in [0.25, 0.3) is 11.4 Å². The summed E-state index contributed by atoms with van der Waals surface area (Å²) in [7, 11) is 0. The largest absolute Gasteiger partial charge is 0.325 e. The lowest BCUT2D eigenvalue weighted by atomic mass is 10.1. The molecule has 2 heterocycles. The molecule has 0 saturated heterocycles. The number of aromatic nitrogens is 4. The first-order chi connectivity index (χ1) is 13.6. The normalized spacial score (nSPS) is 10.6. The maximum Gasteiger partial charge on any atom is 0.234 e. The van der Waals surface area contributed by atoms with E-state index in [-0.39, 0.29) is 11.7 Å². The first-order valence-electron chi connectivity index (χ1n) is 9.06. The second-order valence-electron chi connectivity index (χ2n) is 6.47. The summed E-state index contributed by atoms with van der Waals surface area (Å²) in [5.41, 5.74) is 3.95. The van der Waals surface area contributed by atoms with Gasteiger partial charge in [-0.05, 0) is 43.2 Å². The smallest absolute Gasteiger partial charge is 0.234 e. The van der Waals surface area contributed by atoms with E-state index in [1.165, 1.54) is 17.3 Å². The summed E-state index contributed by atoms with van der Waals surface area (Å²) in [6.07, 6.45) is 4.42. The van der Waals surface area contributed by atoms with Gasteiger partial charge in [0.25, 0.3) is 0 Å². The first-order valence-corrected chi connectivity index (χ1v) is 10.0. The maximum absolute atomic E-state index is 12.3. The molecule has 7 heteroatoms. The predicted octanol–water partition coefficient (Wildman–Crippen LogP) is 4.21. The van der Waals surface area contributed by atoms with Crippen LogP contribution in [0.2, 0.25) is 0 Å². The number of hydrogen-bond acceptors (Lipinski definition) is 5. The number of nitrogens with one attached hydrogen (secondary N) is 1. The summed E-state index contributed by atoms with van der Waals surface area (Å²) in [5.74, 6) is 0.910. The van der Waals surface area contributed by atoms with Crippen LogP contribution in [0.3, 0.4) is 0 Å². The Morgan fingerprint density at radius 1 is 1.14 bits per heavy atom. The van der Waals surface area contributed by atoms with Crippen molar-refractivity contribution in [1.29, 1.82) is 0 Å². The fourth-order valence-corrected chi connectivity index (χ4v) is 3.41. The van der Waals surface area contributed by atoms with Gasteiger partial charge in [0.2, 0.25) is 5.91 Å². The Labute approximate surface area is 169 Å². The fourth-order valence-electron chi connectivity index (χ4n) is 2.67. The highest BCUT2D eigenvalue weighted by atomic mass is 32.2. The highest BCUT2D eigenvalue weighted by Gasteiger charge is 2.16. The molecular formula is C21H23N5OS. The second-order valence-corrected chi connectivity index (χ2v) is 7.42. The minimum Gasteiger partial charge on any atom is -0.325 e. The Kier molecular flexibility index (Phi) is 6.60. The number of amides is 1. The quantitative estimate of drug-likeness (QED) is 0.458. The van der Waals surface area contributed by atoms with Gasteiger partial charge in [0, 0.05) is 30.2 Å². The van der Waals surface area contributed by atoms with Crippen LogP contribution in [0.15, 0.2) is 66.1 Å². The van der Waals surface area contributed by atoms with Gasteiger partial charge in [-0.3, -0.25) is 14.3 Å². The van der Waals surface area contributed by atoms with Crippen molar-refractivity contribution in [3.05, 3.63) is 66.5 Å². The molecule has 0 fully saturated rings. The Morgan fingerprint density at radius 2 is 1.86 bits per heavy atom. The maximum atomic E-state index is 12.3. The van der Waals surface area contributed by atoms with Crippen molar-refractivity contribution in [2.75, 3.05) is 11.1 Å². The third kappa shape index (κ3) is 5.07. The SMILES string of the molecule is C=C(C)Cn1c(SCC(=O)Nc2ccc(CC)cc2)nnc1-c1ccncc1.